The predicted molar refractivity (Wildman–Crippen MR) is 71.6 cm³/mol. The topological polar surface area (TPSA) is 43.7 Å². The van der Waals surface area contributed by atoms with Gasteiger partial charge < -0.3 is 15.1 Å². The van der Waals surface area contributed by atoms with Crippen LogP contribution in [0, 0.1) is 0 Å². The van der Waals surface area contributed by atoms with Crippen molar-refractivity contribution in [3.05, 3.63) is 28.8 Å². The van der Waals surface area contributed by atoms with E-state index in [1.54, 1.807) is 6.07 Å². The number of aliphatic hydroxyl groups excluding tert-OH is 2. The van der Waals surface area contributed by atoms with Crippen molar-refractivity contribution in [1.29, 1.82) is 0 Å². The lowest BCUT2D eigenvalue weighted by Gasteiger charge is -2.29. The van der Waals surface area contributed by atoms with Gasteiger partial charge in [-0.1, -0.05) is 17.7 Å². The Bertz CT molecular complexity index is 355. The van der Waals surface area contributed by atoms with Crippen molar-refractivity contribution in [1.82, 2.24) is 0 Å². The normalized spacial score (nSPS) is 10.9. The summed E-state index contributed by atoms with van der Waals surface area (Å²) in [6, 6.07) is 5.89. The molecular formula is C13H20ClNO2. The molecule has 1 rings (SSSR count). The van der Waals surface area contributed by atoms with Crippen LogP contribution in [-0.2, 0) is 6.61 Å². The number of hydrogen-bond acceptors (Lipinski definition) is 3. The summed E-state index contributed by atoms with van der Waals surface area (Å²) in [7, 11) is 0. The SMILES string of the molecule is CC(C)N(CCCO)c1ccc(CO)cc1Cl. The lowest BCUT2D eigenvalue weighted by Crippen LogP contribution is -2.32. The van der Waals surface area contributed by atoms with Crippen LogP contribution in [-0.4, -0.2) is 29.4 Å². The molecule has 3 nitrogen and oxygen atoms in total. The van der Waals surface area contributed by atoms with E-state index >= 15 is 0 Å². The summed E-state index contributed by atoms with van der Waals surface area (Å²) in [5.74, 6) is 0. The summed E-state index contributed by atoms with van der Waals surface area (Å²) in [6.07, 6.45) is 0.719. The van der Waals surface area contributed by atoms with E-state index in [4.69, 9.17) is 21.8 Å². The Hall–Kier alpha value is -0.770. The third kappa shape index (κ3) is 3.87. The summed E-state index contributed by atoms with van der Waals surface area (Å²) in [4.78, 5) is 2.15. The highest BCUT2D eigenvalue weighted by molar-refractivity contribution is 6.33. The molecule has 0 aromatic heterocycles. The van der Waals surface area contributed by atoms with Gasteiger partial charge in [0.1, 0.15) is 0 Å². The van der Waals surface area contributed by atoms with Crippen LogP contribution in [0.15, 0.2) is 18.2 Å². The smallest absolute Gasteiger partial charge is 0.0682 e. The van der Waals surface area contributed by atoms with Gasteiger partial charge in [0.25, 0.3) is 0 Å². The van der Waals surface area contributed by atoms with E-state index < -0.39 is 0 Å². The number of nitrogens with zero attached hydrogens (tertiary/aromatic N) is 1. The van der Waals surface area contributed by atoms with Crippen LogP contribution in [0.1, 0.15) is 25.8 Å². The first-order chi connectivity index (χ1) is 8.10. The molecule has 96 valence electrons. The molecule has 0 unspecified atom stereocenters. The van der Waals surface area contributed by atoms with E-state index in [9.17, 15) is 0 Å². The fraction of sp³-hybridized carbons (Fsp3) is 0.538. The van der Waals surface area contributed by atoms with Gasteiger partial charge in [-0.05, 0) is 38.0 Å². The van der Waals surface area contributed by atoms with Gasteiger partial charge in [-0.2, -0.15) is 0 Å². The Morgan fingerprint density at radius 2 is 2.00 bits per heavy atom. The molecule has 0 atom stereocenters. The van der Waals surface area contributed by atoms with Gasteiger partial charge in [-0.3, -0.25) is 0 Å². The Balaban J connectivity index is 2.93. The number of halogens is 1. The molecule has 0 aliphatic rings. The van der Waals surface area contributed by atoms with Crippen LogP contribution in [0.5, 0.6) is 0 Å². The molecule has 1 aromatic carbocycles. The molecule has 0 aliphatic heterocycles. The fourth-order valence-corrected chi connectivity index (χ4v) is 2.09. The van der Waals surface area contributed by atoms with Crippen LogP contribution < -0.4 is 4.90 Å². The molecule has 2 N–H and O–H groups in total. The van der Waals surface area contributed by atoms with Crippen molar-refractivity contribution in [2.75, 3.05) is 18.1 Å². The zero-order valence-corrected chi connectivity index (χ0v) is 11.1. The molecule has 17 heavy (non-hydrogen) atoms. The van der Waals surface area contributed by atoms with Crippen molar-refractivity contribution in [3.63, 3.8) is 0 Å². The van der Waals surface area contributed by atoms with Gasteiger partial charge >= 0.3 is 0 Å². The highest BCUT2D eigenvalue weighted by Gasteiger charge is 2.13. The maximum Gasteiger partial charge on any atom is 0.0682 e. The van der Waals surface area contributed by atoms with Crippen molar-refractivity contribution in [2.45, 2.75) is 32.9 Å². The van der Waals surface area contributed by atoms with E-state index in [2.05, 4.69) is 18.7 Å². The molecule has 0 saturated carbocycles. The molecule has 1 aromatic rings. The van der Waals surface area contributed by atoms with E-state index in [1.165, 1.54) is 0 Å². The van der Waals surface area contributed by atoms with E-state index in [0.717, 1.165) is 24.2 Å². The Morgan fingerprint density at radius 1 is 1.29 bits per heavy atom. The summed E-state index contributed by atoms with van der Waals surface area (Å²) < 4.78 is 0. The second-order valence-electron chi connectivity index (χ2n) is 4.31. The fourth-order valence-electron chi connectivity index (χ4n) is 1.78. The summed E-state index contributed by atoms with van der Waals surface area (Å²) >= 11 is 6.21. The average Bonchev–Trinajstić information content (AvgIpc) is 2.30. The van der Waals surface area contributed by atoms with Crippen LogP contribution >= 0.6 is 11.6 Å². The quantitative estimate of drug-likeness (QED) is 0.823. The van der Waals surface area contributed by atoms with Crippen LogP contribution in [0.2, 0.25) is 5.02 Å². The van der Waals surface area contributed by atoms with Crippen LogP contribution in [0.4, 0.5) is 5.69 Å². The van der Waals surface area contributed by atoms with E-state index in [0.29, 0.717) is 11.1 Å². The number of benzene rings is 1. The van der Waals surface area contributed by atoms with Crippen molar-refractivity contribution in [2.24, 2.45) is 0 Å². The largest absolute Gasteiger partial charge is 0.396 e. The van der Waals surface area contributed by atoms with Gasteiger partial charge in [-0.25, -0.2) is 0 Å². The highest BCUT2D eigenvalue weighted by atomic mass is 35.5. The molecule has 0 saturated heterocycles. The van der Waals surface area contributed by atoms with Crippen molar-refractivity contribution >= 4 is 17.3 Å². The Labute approximate surface area is 108 Å². The molecular weight excluding hydrogens is 238 g/mol. The highest BCUT2D eigenvalue weighted by Crippen LogP contribution is 2.28. The number of aliphatic hydroxyl groups is 2. The van der Waals surface area contributed by atoms with Gasteiger partial charge in [0.05, 0.1) is 17.3 Å². The Morgan fingerprint density at radius 3 is 2.47 bits per heavy atom. The van der Waals surface area contributed by atoms with E-state index in [-0.39, 0.29) is 13.2 Å². The molecule has 0 amide bonds. The summed E-state index contributed by atoms with van der Waals surface area (Å²) in [6.45, 7) is 5.13. The van der Waals surface area contributed by atoms with Gasteiger partial charge in [0.2, 0.25) is 0 Å². The molecule has 4 heteroatoms. The van der Waals surface area contributed by atoms with Gasteiger partial charge in [-0.15, -0.1) is 0 Å². The number of hydrogen-bond donors (Lipinski definition) is 2. The minimum atomic E-state index is -0.00167. The first-order valence-electron chi connectivity index (χ1n) is 5.87. The van der Waals surface area contributed by atoms with Gasteiger partial charge in [0.15, 0.2) is 0 Å². The molecule has 0 fully saturated rings. The van der Waals surface area contributed by atoms with Crippen LogP contribution in [0.3, 0.4) is 0 Å². The zero-order chi connectivity index (χ0) is 12.8. The first kappa shape index (κ1) is 14.3. The number of anilines is 1. The average molecular weight is 258 g/mol. The molecule has 0 bridgehead atoms. The predicted octanol–water partition coefficient (Wildman–Crippen LogP) is 2.43. The minimum absolute atomic E-state index is 0.00167. The monoisotopic (exact) mass is 257 g/mol. The van der Waals surface area contributed by atoms with Gasteiger partial charge in [0, 0.05) is 19.2 Å². The van der Waals surface area contributed by atoms with Crippen molar-refractivity contribution in [3.8, 4) is 0 Å². The van der Waals surface area contributed by atoms with Crippen molar-refractivity contribution < 1.29 is 10.2 Å². The standard InChI is InChI=1S/C13H20ClNO2/c1-10(2)15(6-3-7-16)13-5-4-11(9-17)8-12(13)14/h4-5,8,10,16-17H,3,6-7,9H2,1-2H3. The second-order valence-corrected chi connectivity index (χ2v) is 4.72. The zero-order valence-electron chi connectivity index (χ0n) is 10.4. The maximum atomic E-state index is 9.04. The molecule has 0 heterocycles. The first-order valence-corrected chi connectivity index (χ1v) is 6.24. The lowest BCUT2D eigenvalue weighted by molar-refractivity contribution is 0.282. The van der Waals surface area contributed by atoms with E-state index in [1.807, 2.05) is 12.1 Å². The molecule has 0 radical (unpaired) electrons. The lowest BCUT2D eigenvalue weighted by atomic mass is 10.1. The molecule has 0 aliphatic carbocycles. The maximum absolute atomic E-state index is 9.04. The minimum Gasteiger partial charge on any atom is -0.396 e. The third-order valence-electron chi connectivity index (χ3n) is 2.68. The molecule has 0 spiro atoms. The third-order valence-corrected chi connectivity index (χ3v) is 2.99. The Kier molecular flexibility index (Phi) is 5.75. The summed E-state index contributed by atoms with van der Waals surface area (Å²) in [5.41, 5.74) is 1.76. The second kappa shape index (κ2) is 6.84. The summed E-state index contributed by atoms with van der Waals surface area (Å²) in [5, 5.41) is 18.6. The number of rotatable bonds is 6. The van der Waals surface area contributed by atoms with Crippen LogP contribution in [0.25, 0.3) is 0 Å².